The first-order valence-corrected chi connectivity index (χ1v) is 6.85. The van der Waals surface area contributed by atoms with E-state index in [1.165, 1.54) is 0 Å². The van der Waals surface area contributed by atoms with Crippen LogP contribution in [0.4, 0.5) is 0 Å². The minimum absolute atomic E-state index is 0.0743. The number of esters is 1. The Morgan fingerprint density at radius 1 is 0.889 bits per heavy atom. The summed E-state index contributed by atoms with van der Waals surface area (Å²) in [6.45, 7) is 13.9. The van der Waals surface area contributed by atoms with Crippen LogP contribution in [0.3, 0.4) is 0 Å². The maximum absolute atomic E-state index is 12.2. The van der Waals surface area contributed by atoms with E-state index in [4.69, 9.17) is 4.74 Å². The molecular formula is C15H28O3. The molecule has 18 heavy (non-hydrogen) atoms. The lowest BCUT2D eigenvalue weighted by atomic mass is 9.75. The molecule has 0 aromatic carbocycles. The van der Waals surface area contributed by atoms with Gasteiger partial charge in [-0.25, -0.2) is 0 Å². The Labute approximate surface area is 111 Å². The standard InChI is InChI=1S/C15H28O3/c1-9(2)8-18-15(17)14(11(5)6)13(10(3)4)12(7)16/h9-11,13-14H,8H2,1-7H3. The van der Waals surface area contributed by atoms with E-state index in [-0.39, 0.29) is 35.4 Å². The molecule has 0 amide bonds. The lowest BCUT2D eigenvalue weighted by Gasteiger charge is -2.29. The lowest BCUT2D eigenvalue weighted by molar-refractivity contribution is -0.156. The first kappa shape index (κ1) is 17.1. The largest absolute Gasteiger partial charge is 0.465 e. The Morgan fingerprint density at radius 2 is 1.33 bits per heavy atom. The molecule has 0 aliphatic rings. The average Bonchev–Trinajstić information content (AvgIpc) is 2.20. The molecule has 0 aliphatic carbocycles. The average molecular weight is 256 g/mol. The minimum atomic E-state index is -0.332. The van der Waals surface area contributed by atoms with Crippen molar-refractivity contribution in [3.63, 3.8) is 0 Å². The zero-order valence-corrected chi connectivity index (χ0v) is 12.8. The van der Waals surface area contributed by atoms with Crippen molar-refractivity contribution in [3.8, 4) is 0 Å². The van der Waals surface area contributed by atoms with E-state index < -0.39 is 0 Å². The molecule has 2 atom stereocenters. The van der Waals surface area contributed by atoms with Crippen LogP contribution in [0.15, 0.2) is 0 Å². The summed E-state index contributed by atoms with van der Waals surface area (Å²) in [5, 5.41) is 0. The molecule has 3 nitrogen and oxygen atoms in total. The van der Waals surface area contributed by atoms with Crippen LogP contribution in [0.25, 0.3) is 0 Å². The molecule has 2 unspecified atom stereocenters. The van der Waals surface area contributed by atoms with Crippen LogP contribution in [-0.2, 0) is 14.3 Å². The molecule has 0 heterocycles. The van der Waals surface area contributed by atoms with Gasteiger partial charge in [-0.1, -0.05) is 41.5 Å². The normalized spacial score (nSPS) is 15.0. The molecule has 0 N–H and O–H groups in total. The third-order valence-corrected chi connectivity index (χ3v) is 3.12. The van der Waals surface area contributed by atoms with Crippen LogP contribution in [0, 0.1) is 29.6 Å². The highest BCUT2D eigenvalue weighted by Crippen LogP contribution is 2.29. The summed E-state index contributed by atoms with van der Waals surface area (Å²) in [4.78, 5) is 23.9. The molecule has 106 valence electrons. The molecule has 0 aromatic heterocycles. The molecule has 0 rings (SSSR count). The topological polar surface area (TPSA) is 43.4 Å². The molecule has 0 radical (unpaired) electrons. The number of rotatable bonds is 7. The summed E-state index contributed by atoms with van der Waals surface area (Å²) in [6.07, 6.45) is 0. The Morgan fingerprint density at radius 3 is 1.61 bits per heavy atom. The van der Waals surface area contributed by atoms with Gasteiger partial charge >= 0.3 is 5.97 Å². The van der Waals surface area contributed by atoms with Gasteiger partial charge in [0, 0.05) is 5.92 Å². The number of Topliss-reactive ketones (excluding diaryl/α,β-unsaturated/α-hetero) is 1. The predicted molar refractivity (Wildman–Crippen MR) is 73.1 cm³/mol. The number of hydrogen-bond acceptors (Lipinski definition) is 3. The maximum atomic E-state index is 12.2. The summed E-state index contributed by atoms with van der Waals surface area (Å²) < 4.78 is 5.32. The highest BCUT2D eigenvalue weighted by molar-refractivity contribution is 5.85. The van der Waals surface area contributed by atoms with Gasteiger partial charge < -0.3 is 4.74 Å². The van der Waals surface area contributed by atoms with Gasteiger partial charge in [0.15, 0.2) is 0 Å². The number of ether oxygens (including phenoxy) is 1. The zero-order valence-electron chi connectivity index (χ0n) is 12.8. The second kappa shape index (κ2) is 7.55. The number of ketones is 1. The highest BCUT2D eigenvalue weighted by Gasteiger charge is 2.37. The van der Waals surface area contributed by atoms with Gasteiger partial charge in [0.2, 0.25) is 0 Å². The molecule has 0 bridgehead atoms. The summed E-state index contributed by atoms with van der Waals surface area (Å²) in [6, 6.07) is 0. The fraction of sp³-hybridized carbons (Fsp3) is 0.867. The van der Waals surface area contributed by atoms with E-state index in [1.54, 1.807) is 6.92 Å². The highest BCUT2D eigenvalue weighted by atomic mass is 16.5. The summed E-state index contributed by atoms with van der Waals surface area (Å²) >= 11 is 0. The SMILES string of the molecule is CC(=O)C(C(C)C)C(C(=O)OCC(C)C)C(C)C. The fourth-order valence-corrected chi connectivity index (χ4v) is 2.32. The van der Waals surface area contributed by atoms with Gasteiger partial charge in [-0.3, -0.25) is 9.59 Å². The Hall–Kier alpha value is -0.860. The molecule has 3 heteroatoms. The monoisotopic (exact) mass is 256 g/mol. The van der Waals surface area contributed by atoms with E-state index in [0.717, 1.165) is 0 Å². The lowest BCUT2D eigenvalue weighted by Crippen LogP contribution is -2.37. The Balaban J connectivity index is 4.93. The third kappa shape index (κ3) is 5.19. The molecule has 0 saturated carbocycles. The van der Waals surface area contributed by atoms with Crippen molar-refractivity contribution in [2.45, 2.75) is 48.5 Å². The Bertz CT molecular complexity index is 279. The van der Waals surface area contributed by atoms with Crippen molar-refractivity contribution < 1.29 is 14.3 Å². The van der Waals surface area contributed by atoms with Gasteiger partial charge in [-0.2, -0.15) is 0 Å². The maximum Gasteiger partial charge on any atom is 0.309 e. The van der Waals surface area contributed by atoms with E-state index >= 15 is 0 Å². The molecule has 0 aliphatic heterocycles. The predicted octanol–water partition coefficient (Wildman–Crippen LogP) is 3.32. The molecular weight excluding hydrogens is 228 g/mol. The third-order valence-electron chi connectivity index (χ3n) is 3.12. The number of carbonyl (C=O) groups is 2. The smallest absolute Gasteiger partial charge is 0.309 e. The van der Waals surface area contributed by atoms with E-state index in [2.05, 4.69) is 0 Å². The minimum Gasteiger partial charge on any atom is -0.465 e. The van der Waals surface area contributed by atoms with Crippen molar-refractivity contribution in [1.82, 2.24) is 0 Å². The summed E-state index contributed by atoms with van der Waals surface area (Å²) in [5.74, 6) is -0.150. The quantitative estimate of drug-likeness (QED) is 0.656. The molecule has 0 fully saturated rings. The van der Waals surface area contributed by atoms with Crippen LogP contribution < -0.4 is 0 Å². The zero-order chi connectivity index (χ0) is 14.5. The Kier molecular flexibility index (Phi) is 7.19. The van der Waals surface area contributed by atoms with Crippen molar-refractivity contribution in [3.05, 3.63) is 0 Å². The van der Waals surface area contributed by atoms with Crippen LogP contribution in [0.5, 0.6) is 0 Å². The number of hydrogen-bond donors (Lipinski definition) is 0. The van der Waals surface area contributed by atoms with E-state index in [9.17, 15) is 9.59 Å². The fourth-order valence-electron chi connectivity index (χ4n) is 2.32. The second-order valence-corrected chi connectivity index (χ2v) is 6.17. The molecule has 0 aromatic rings. The van der Waals surface area contributed by atoms with Crippen molar-refractivity contribution in [2.24, 2.45) is 29.6 Å². The first-order chi connectivity index (χ1) is 8.18. The van der Waals surface area contributed by atoms with Gasteiger partial charge in [0.05, 0.1) is 12.5 Å². The van der Waals surface area contributed by atoms with Gasteiger partial charge in [-0.15, -0.1) is 0 Å². The first-order valence-electron chi connectivity index (χ1n) is 6.85. The van der Waals surface area contributed by atoms with Crippen molar-refractivity contribution >= 4 is 11.8 Å². The molecule has 0 spiro atoms. The van der Waals surface area contributed by atoms with Gasteiger partial charge in [0.1, 0.15) is 5.78 Å². The molecule has 0 saturated heterocycles. The number of carbonyl (C=O) groups excluding carboxylic acids is 2. The summed E-state index contributed by atoms with van der Waals surface area (Å²) in [7, 11) is 0. The van der Waals surface area contributed by atoms with Crippen molar-refractivity contribution in [1.29, 1.82) is 0 Å². The second-order valence-electron chi connectivity index (χ2n) is 6.17. The van der Waals surface area contributed by atoms with Crippen LogP contribution >= 0.6 is 0 Å². The van der Waals surface area contributed by atoms with Crippen LogP contribution in [0.2, 0.25) is 0 Å². The van der Waals surface area contributed by atoms with Gasteiger partial charge in [-0.05, 0) is 24.7 Å². The van der Waals surface area contributed by atoms with Crippen LogP contribution in [0.1, 0.15) is 48.5 Å². The van der Waals surface area contributed by atoms with Gasteiger partial charge in [0.25, 0.3) is 0 Å². The van der Waals surface area contributed by atoms with E-state index in [1.807, 2.05) is 41.5 Å². The van der Waals surface area contributed by atoms with E-state index in [0.29, 0.717) is 12.5 Å². The summed E-state index contributed by atoms with van der Waals surface area (Å²) in [5.41, 5.74) is 0. The van der Waals surface area contributed by atoms with Crippen LogP contribution in [-0.4, -0.2) is 18.4 Å². The van der Waals surface area contributed by atoms with Crippen molar-refractivity contribution in [2.75, 3.05) is 6.61 Å².